The Morgan fingerprint density at radius 2 is 1.79 bits per heavy atom. The van der Waals surface area contributed by atoms with Gasteiger partial charge in [0, 0.05) is 25.2 Å². The van der Waals surface area contributed by atoms with Crippen molar-refractivity contribution in [1.82, 2.24) is 5.32 Å². The van der Waals surface area contributed by atoms with E-state index < -0.39 is 6.10 Å². The molecule has 8 heteroatoms. The molecule has 8 nitrogen and oxygen atoms in total. The average molecular weight is 403 g/mol. The summed E-state index contributed by atoms with van der Waals surface area (Å²) < 4.78 is 5.42. The number of nitro benzene ring substituents is 1. The number of amides is 1. The first-order valence-corrected chi connectivity index (χ1v) is 10.4. The molecule has 29 heavy (non-hydrogen) atoms. The van der Waals surface area contributed by atoms with Crippen molar-refractivity contribution in [2.45, 2.75) is 64.0 Å². The number of nitrogens with one attached hydrogen (secondary N) is 1. The Kier molecular flexibility index (Phi) is 7.06. The summed E-state index contributed by atoms with van der Waals surface area (Å²) in [5, 5.41) is 14.2. The number of carbonyl (C=O) groups excluding carboxylic acids is 2. The highest BCUT2D eigenvalue weighted by Gasteiger charge is 2.31. The molecule has 1 amide bonds. The van der Waals surface area contributed by atoms with Crippen LogP contribution in [0.2, 0.25) is 0 Å². The fourth-order valence-corrected chi connectivity index (χ4v) is 4.13. The van der Waals surface area contributed by atoms with Crippen LogP contribution < -0.4 is 10.2 Å². The molecule has 1 saturated carbocycles. The zero-order valence-electron chi connectivity index (χ0n) is 16.8. The predicted molar refractivity (Wildman–Crippen MR) is 109 cm³/mol. The monoisotopic (exact) mass is 403 g/mol. The summed E-state index contributed by atoms with van der Waals surface area (Å²) in [5.41, 5.74) is 0.645. The van der Waals surface area contributed by atoms with Crippen molar-refractivity contribution in [2.24, 2.45) is 5.92 Å². The number of carbonyl (C=O) groups is 2. The van der Waals surface area contributed by atoms with Crippen LogP contribution in [0, 0.1) is 16.0 Å². The van der Waals surface area contributed by atoms with Gasteiger partial charge in [0.15, 0.2) is 6.10 Å². The fraction of sp³-hybridized carbons (Fsp3) is 0.619. The van der Waals surface area contributed by atoms with Crippen LogP contribution in [0.25, 0.3) is 0 Å². The maximum atomic E-state index is 12.5. The van der Waals surface area contributed by atoms with E-state index in [9.17, 15) is 19.7 Å². The number of ether oxygens (including phenoxy) is 1. The topological polar surface area (TPSA) is 102 Å². The van der Waals surface area contributed by atoms with Gasteiger partial charge in [0.2, 0.25) is 0 Å². The van der Waals surface area contributed by atoms with Crippen LogP contribution in [0.15, 0.2) is 24.3 Å². The van der Waals surface area contributed by atoms with Crippen molar-refractivity contribution in [3.8, 4) is 0 Å². The Labute approximate surface area is 170 Å². The molecule has 3 rings (SSSR count). The van der Waals surface area contributed by atoms with Crippen LogP contribution in [0.4, 0.5) is 11.4 Å². The Hall–Kier alpha value is -2.64. The van der Waals surface area contributed by atoms with E-state index in [2.05, 4.69) is 5.32 Å². The smallest absolute Gasteiger partial charge is 0.309 e. The third kappa shape index (κ3) is 5.46. The van der Waals surface area contributed by atoms with Crippen LogP contribution in [-0.4, -0.2) is 42.0 Å². The van der Waals surface area contributed by atoms with Gasteiger partial charge in [-0.3, -0.25) is 19.7 Å². The van der Waals surface area contributed by atoms with Crippen LogP contribution >= 0.6 is 0 Å². The quantitative estimate of drug-likeness (QED) is 0.445. The van der Waals surface area contributed by atoms with Gasteiger partial charge in [-0.15, -0.1) is 0 Å². The van der Waals surface area contributed by atoms with Gasteiger partial charge in [0.1, 0.15) is 5.69 Å². The molecule has 0 bridgehead atoms. The predicted octanol–water partition coefficient (Wildman–Crippen LogP) is 3.19. The molecular formula is C21H29N3O5. The Morgan fingerprint density at radius 3 is 2.45 bits per heavy atom. The minimum Gasteiger partial charge on any atom is -0.452 e. The first-order valence-electron chi connectivity index (χ1n) is 10.4. The molecule has 2 aliphatic rings. The molecule has 1 aliphatic heterocycles. The second kappa shape index (κ2) is 9.71. The number of piperidine rings is 1. The number of hydrogen-bond donors (Lipinski definition) is 1. The number of para-hydroxylation sites is 2. The van der Waals surface area contributed by atoms with E-state index in [1.54, 1.807) is 25.1 Å². The van der Waals surface area contributed by atoms with Crippen molar-refractivity contribution >= 4 is 23.3 Å². The van der Waals surface area contributed by atoms with E-state index in [1.807, 2.05) is 4.90 Å². The average Bonchev–Trinajstić information content (AvgIpc) is 2.74. The summed E-state index contributed by atoms with van der Waals surface area (Å²) in [4.78, 5) is 37.6. The van der Waals surface area contributed by atoms with Gasteiger partial charge in [-0.25, -0.2) is 0 Å². The van der Waals surface area contributed by atoms with Gasteiger partial charge in [0.25, 0.3) is 11.6 Å². The minimum atomic E-state index is -0.808. The molecule has 1 heterocycles. The van der Waals surface area contributed by atoms with Gasteiger partial charge < -0.3 is 15.0 Å². The lowest BCUT2D eigenvalue weighted by Crippen LogP contribution is -2.44. The molecule has 1 N–H and O–H groups in total. The van der Waals surface area contributed by atoms with E-state index >= 15 is 0 Å². The Bertz CT molecular complexity index is 740. The zero-order chi connectivity index (χ0) is 20.8. The highest BCUT2D eigenvalue weighted by molar-refractivity contribution is 5.84. The third-order valence-corrected chi connectivity index (χ3v) is 5.86. The number of benzene rings is 1. The van der Waals surface area contributed by atoms with Gasteiger partial charge in [-0.1, -0.05) is 31.4 Å². The summed E-state index contributed by atoms with van der Waals surface area (Å²) in [7, 11) is 0. The molecular weight excluding hydrogens is 374 g/mol. The summed E-state index contributed by atoms with van der Waals surface area (Å²) in [6.07, 6.45) is 5.70. The van der Waals surface area contributed by atoms with Crippen molar-refractivity contribution in [3.63, 3.8) is 0 Å². The molecule has 1 aliphatic carbocycles. The number of anilines is 1. The Balaban J connectivity index is 1.48. The molecule has 0 aromatic heterocycles. The lowest BCUT2D eigenvalue weighted by atomic mass is 9.95. The maximum absolute atomic E-state index is 12.5. The lowest BCUT2D eigenvalue weighted by Gasteiger charge is -2.32. The minimum absolute atomic E-state index is 0.0709. The third-order valence-electron chi connectivity index (χ3n) is 5.86. The first kappa shape index (κ1) is 21.1. The van der Waals surface area contributed by atoms with E-state index in [0.29, 0.717) is 31.6 Å². The fourth-order valence-electron chi connectivity index (χ4n) is 4.13. The highest BCUT2D eigenvalue weighted by atomic mass is 16.6. The van der Waals surface area contributed by atoms with Crippen molar-refractivity contribution in [1.29, 1.82) is 0 Å². The van der Waals surface area contributed by atoms with Crippen LogP contribution in [0.3, 0.4) is 0 Å². The summed E-state index contributed by atoms with van der Waals surface area (Å²) in [5.74, 6) is -0.889. The molecule has 0 spiro atoms. The van der Waals surface area contributed by atoms with Crippen molar-refractivity contribution < 1.29 is 19.2 Å². The molecule has 0 unspecified atom stereocenters. The summed E-state index contributed by atoms with van der Waals surface area (Å²) in [6, 6.07) is 6.82. The summed E-state index contributed by atoms with van der Waals surface area (Å²) in [6.45, 7) is 2.68. The van der Waals surface area contributed by atoms with Gasteiger partial charge in [-0.05, 0) is 38.7 Å². The second-order valence-corrected chi connectivity index (χ2v) is 7.93. The maximum Gasteiger partial charge on any atom is 0.309 e. The van der Waals surface area contributed by atoms with Crippen LogP contribution in [0.1, 0.15) is 51.9 Å². The highest BCUT2D eigenvalue weighted by Crippen LogP contribution is 2.31. The van der Waals surface area contributed by atoms with E-state index in [1.165, 1.54) is 12.5 Å². The molecule has 1 aromatic rings. The van der Waals surface area contributed by atoms with Crippen LogP contribution in [0.5, 0.6) is 0 Å². The molecule has 158 valence electrons. The first-order chi connectivity index (χ1) is 14.0. The van der Waals surface area contributed by atoms with Crippen molar-refractivity contribution in [3.05, 3.63) is 34.4 Å². The zero-order valence-corrected chi connectivity index (χ0v) is 16.8. The Morgan fingerprint density at radius 1 is 1.14 bits per heavy atom. The lowest BCUT2D eigenvalue weighted by molar-refractivity contribution is -0.384. The number of nitrogens with zero attached hydrogens (tertiary/aromatic N) is 2. The molecule has 2 fully saturated rings. The molecule has 0 radical (unpaired) electrons. The molecule has 1 saturated heterocycles. The standard InChI is InChI=1S/C21H29N3O5/c1-15(20(25)22-17-7-3-2-4-8-17)29-21(26)16-11-13-23(14-12-16)18-9-5-6-10-19(18)24(27)28/h5-6,9-10,15-17H,2-4,7-8,11-14H2,1H3,(H,22,25)/t15-/m0/s1. The largest absolute Gasteiger partial charge is 0.452 e. The van der Waals surface area contributed by atoms with E-state index in [-0.39, 0.29) is 34.4 Å². The number of nitro groups is 1. The normalized spacial score (nSPS) is 19.4. The SMILES string of the molecule is C[C@H](OC(=O)C1CCN(c2ccccc2[N+](=O)[O-])CC1)C(=O)NC1CCCCC1. The van der Waals surface area contributed by atoms with Crippen LogP contribution in [-0.2, 0) is 14.3 Å². The number of hydrogen-bond acceptors (Lipinski definition) is 6. The second-order valence-electron chi connectivity index (χ2n) is 7.93. The van der Waals surface area contributed by atoms with Gasteiger partial charge in [0.05, 0.1) is 10.8 Å². The molecule has 1 aromatic carbocycles. The summed E-state index contributed by atoms with van der Waals surface area (Å²) >= 11 is 0. The van der Waals surface area contributed by atoms with Gasteiger partial charge >= 0.3 is 5.97 Å². The van der Waals surface area contributed by atoms with Crippen molar-refractivity contribution in [2.75, 3.05) is 18.0 Å². The number of rotatable bonds is 6. The van der Waals surface area contributed by atoms with E-state index in [0.717, 1.165) is 25.7 Å². The molecule has 1 atom stereocenters. The van der Waals surface area contributed by atoms with Gasteiger partial charge in [-0.2, -0.15) is 0 Å². The van der Waals surface area contributed by atoms with E-state index in [4.69, 9.17) is 4.74 Å². The number of esters is 1.